The average molecular weight is 420 g/mol. The van der Waals surface area contributed by atoms with E-state index in [-0.39, 0.29) is 17.6 Å². The number of ketones is 1. The van der Waals surface area contributed by atoms with Gasteiger partial charge < -0.3 is 0 Å². The molecule has 0 radical (unpaired) electrons. The third-order valence-corrected chi connectivity index (χ3v) is 5.87. The van der Waals surface area contributed by atoms with Gasteiger partial charge in [0.2, 0.25) is 0 Å². The maximum absolute atomic E-state index is 13.3. The molecule has 3 aromatic rings. The summed E-state index contributed by atoms with van der Waals surface area (Å²) in [6.07, 6.45) is 0. The monoisotopic (exact) mass is 419 g/mol. The summed E-state index contributed by atoms with van der Waals surface area (Å²) in [5.74, 6) is 0.450. The Hall–Kier alpha value is -2.23. The molecule has 0 amide bonds. The second-order valence-electron chi connectivity index (χ2n) is 7.17. The number of benzene rings is 3. The lowest BCUT2D eigenvalue weighted by Crippen LogP contribution is -2.23. The predicted octanol–water partition coefficient (Wildman–Crippen LogP) is 5.55. The van der Waals surface area contributed by atoms with E-state index in [9.17, 15) is 4.79 Å². The van der Waals surface area contributed by atoms with Crippen molar-refractivity contribution in [1.29, 1.82) is 0 Å². The van der Waals surface area contributed by atoms with Crippen molar-refractivity contribution >= 4 is 21.7 Å². The van der Waals surface area contributed by atoms with Gasteiger partial charge in [0.25, 0.3) is 0 Å². The van der Waals surface area contributed by atoms with Gasteiger partial charge in [-0.05, 0) is 23.3 Å². The molecule has 1 aliphatic rings. The van der Waals surface area contributed by atoms with Crippen LogP contribution in [0.3, 0.4) is 0 Å². The quantitative estimate of drug-likeness (QED) is 0.505. The van der Waals surface area contributed by atoms with Crippen LogP contribution in [0.25, 0.3) is 0 Å². The molecule has 0 spiro atoms. The van der Waals surface area contributed by atoms with Gasteiger partial charge in [-0.2, -0.15) is 0 Å². The molecule has 1 fully saturated rings. The third-order valence-electron chi connectivity index (χ3n) is 5.34. The fourth-order valence-corrected chi connectivity index (χ4v) is 4.25. The summed E-state index contributed by atoms with van der Waals surface area (Å²) in [7, 11) is 0. The summed E-state index contributed by atoms with van der Waals surface area (Å²) in [5, 5.41) is 0. The number of likely N-dealkylation sites (tertiary alicyclic amines) is 1. The molecule has 0 saturated carbocycles. The lowest BCUT2D eigenvalue weighted by molar-refractivity contribution is 0.0913. The van der Waals surface area contributed by atoms with Crippen LogP contribution in [0.15, 0.2) is 89.4 Å². The third kappa shape index (κ3) is 4.20. The number of carbonyl (C=O) groups is 1. The molecular formula is C24H22BrNO. The van der Waals surface area contributed by atoms with E-state index in [1.54, 1.807) is 0 Å². The van der Waals surface area contributed by atoms with Crippen LogP contribution < -0.4 is 0 Å². The Morgan fingerprint density at radius 2 is 1.48 bits per heavy atom. The maximum Gasteiger partial charge on any atom is 0.167 e. The topological polar surface area (TPSA) is 20.3 Å². The molecule has 136 valence electrons. The number of rotatable bonds is 5. The Kier molecular flexibility index (Phi) is 5.51. The van der Waals surface area contributed by atoms with Crippen molar-refractivity contribution in [3.63, 3.8) is 0 Å². The zero-order valence-electron chi connectivity index (χ0n) is 15.1. The summed E-state index contributed by atoms with van der Waals surface area (Å²) >= 11 is 3.51. The van der Waals surface area contributed by atoms with Crippen molar-refractivity contribution in [2.75, 3.05) is 13.1 Å². The second kappa shape index (κ2) is 8.20. The minimum atomic E-state index is -0.0164. The Morgan fingerprint density at radius 1 is 0.852 bits per heavy atom. The van der Waals surface area contributed by atoms with Gasteiger partial charge in [0.05, 0.1) is 0 Å². The minimum absolute atomic E-state index is 0.0164. The predicted molar refractivity (Wildman–Crippen MR) is 113 cm³/mol. The van der Waals surface area contributed by atoms with Crippen molar-refractivity contribution in [3.05, 3.63) is 106 Å². The van der Waals surface area contributed by atoms with E-state index in [0.29, 0.717) is 0 Å². The summed E-state index contributed by atoms with van der Waals surface area (Å²) in [5.41, 5.74) is 3.34. The first-order valence-electron chi connectivity index (χ1n) is 9.32. The van der Waals surface area contributed by atoms with Crippen molar-refractivity contribution in [1.82, 2.24) is 4.90 Å². The van der Waals surface area contributed by atoms with Gasteiger partial charge in [-0.1, -0.05) is 88.7 Å². The largest absolute Gasteiger partial charge is 0.298 e. The van der Waals surface area contributed by atoms with Gasteiger partial charge in [-0.25, -0.2) is 0 Å². The Bertz CT molecular complexity index is 893. The highest BCUT2D eigenvalue weighted by atomic mass is 79.9. The van der Waals surface area contributed by atoms with Crippen LogP contribution in [0.5, 0.6) is 0 Å². The molecule has 1 heterocycles. The zero-order valence-corrected chi connectivity index (χ0v) is 16.7. The standard InChI is InChI=1S/C24H22BrNO/c25-21-13-11-19(12-14-21)22-16-26(15-18-7-3-1-4-8-18)17-23(22)24(27)20-9-5-2-6-10-20/h1-14,22-23H,15-17H2/t22-,23+/m0/s1. The molecule has 3 heteroatoms. The highest BCUT2D eigenvalue weighted by Crippen LogP contribution is 2.36. The normalized spacial score (nSPS) is 19.9. The Labute approximate surface area is 169 Å². The molecule has 0 unspecified atom stereocenters. The highest BCUT2D eigenvalue weighted by Gasteiger charge is 2.38. The fourth-order valence-electron chi connectivity index (χ4n) is 3.99. The lowest BCUT2D eigenvalue weighted by Gasteiger charge is -2.18. The molecule has 27 heavy (non-hydrogen) atoms. The van der Waals surface area contributed by atoms with Crippen molar-refractivity contribution in [2.45, 2.75) is 12.5 Å². The molecule has 1 saturated heterocycles. The molecule has 0 bridgehead atoms. The van der Waals surface area contributed by atoms with Crippen molar-refractivity contribution in [2.24, 2.45) is 5.92 Å². The van der Waals surface area contributed by atoms with E-state index in [4.69, 9.17) is 0 Å². The number of carbonyl (C=O) groups excluding carboxylic acids is 1. The highest BCUT2D eigenvalue weighted by molar-refractivity contribution is 9.10. The van der Waals surface area contributed by atoms with Crippen molar-refractivity contribution in [3.8, 4) is 0 Å². The van der Waals surface area contributed by atoms with Gasteiger partial charge in [0, 0.05) is 41.5 Å². The first-order chi connectivity index (χ1) is 13.2. The minimum Gasteiger partial charge on any atom is -0.298 e. The van der Waals surface area contributed by atoms with E-state index in [1.807, 2.05) is 36.4 Å². The first-order valence-corrected chi connectivity index (χ1v) is 10.1. The van der Waals surface area contributed by atoms with E-state index < -0.39 is 0 Å². The molecule has 0 aromatic heterocycles. The molecule has 0 N–H and O–H groups in total. The van der Waals surface area contributed by atoms with Gasteiger partial charge in [-0.15, -0.1) is 0 Å². The van der Waals surface area contributed by atoms with Crippen LogP contribution in [0.2, 0.25) is 0 Å². The summed E-state index contributed by atoms with van der Waals surface area (Å²) < 4.78 is 1.07. The van der Waals surface area contributed by atoms with Gasteiger partial charge in [-0.3, -0.25) is 9.69 Å². The van der Waals surface area contributed by atoms with Crippen LogP contribution >= 0.6 is 15.9 Å². The molecule has 3 aromatic carbocycles. The molecular weight excluding hydrogens is 398 g/mol. The number of halogens is 1. The van der Waals surface area contributed by atoms with Gasteiger partial charge in [0.15, 0.2) is 5.78 Å². The smallest absolute Gasteiger partial charge is 0.167 e. The fraction of sp³-hybridized carbons (Fsp3) is 0.208. The van der Waals surface area contributed by atoms with E-state index in [2.05, 4.69) is 69.4 Å². The van der Waals surface area contributed by atoms with E-state index >= 15 is 0 Å². The van der Waals surface area contributed by atoms with Gasteiger partial charge >= 0.3 is 0 Å². The number of hydrogen-bond donors (Lipinski definition) is 0. The van der Waals surface area contributed by atoms with Crippen LogP contribution in [0.1, 0.15) is 27.4 Å². The average Bonchev–Trinajstić information content (AvgIpc) is 3.13. The SMILES string of the molecule is O=C(c1ccccc1)[C@@H]1CN(Cc2ccccc2)C[C@H]1c1ccc(Br)cc1. The number of nitrogens with zero attached hydrogens (tertiary/aromatic N) is 1. The zero-order chi connectivity index (χ0) is 18.6. The van der Waals surface area contributed by atoms with Crippen molar-refractivity contribution < 1.29 is 4.79 Å². The van der Waals surface area contributed by atoms with Crippen LogP contribution in [-0.4, -0.2) is 23.8 Å². The molecule has 2 atom stereocenters. The Balaban J connectivity index is 1.61. The second-order valence-corrected chi connectivity index (χ2v) is 8.09. The lowest BCUT2D eigenvalue weighted by atomic mass is 9.84. The number of hydrogen-bond acceptors (Lipinski definition) is 2. The molecule has 4 rings (SSSR count). The van der Waals surface area contributed by atoms with Gasteiger partial charge in [0.1, 0.15) is 0 Å². The molecule has 0 aliphatic carbocycles. The summed E-state index contributed by atoms with van der Waals surface area (Å²) in [6.45, 7) is 2.58. The van der Waals surface area contributed by atoms with Crippen LogP contribution in [-0.2, 0) is 6.54 Å². The Morgan fingerprint density at radius 3 is 2.15 bits per heavy atom. The molecule has 1 aliphatic heterocycles. The van der Waals surface area contributed by atoms with Crippen LogP contribution in [0, 0.1) is 5.92 Å². The first kappa shape index (κ1) is 18.1. The summed E-state index contributed by atoms with van der Waals surface area (Å²) in [4.78, 5) is 15.7. The maximum atomic E-state index is 13.3. The van der Waals surface area contributed by atoms with E-state index in [1.165, 1.54) is 11.1 Å². The number of Topliss-reactive ketones (excluding diaryl/α,β-unsaturated/α-hetero) is 1. The van der Waals surface area contributed by atoms with Crippen LogP contribution in [0.4, 0.5) is 0 Å². The molecule has 2 nitrogen and oxygen atoms in total. The summed E-state index contributed by atoms with van der Waals surface area (Å²) in [6, 6.07) is 28.6. The van der Waals surface area contributed by atoms with E-state index in [0.717, 1.165) is 29.7 Å².